The van der Waals surface area contributed by atoms with E-state index in [1.54, 1.807) is 0 Å². The summed E-state index contributed by atoms with van der Waals surface area (Å²) in [7, 11) is 2.02. The van der Waals surface area contributed by atoms with Crippen LogP contribution in [-0.4, -0.2) is 22.9 Å². The fourth-order valence-corrected chi connectivity index (χ4v) is 2.80. The number of benzene rings is 1. The van der Waals surface area contributed by atoms with Gasteiger partial charge in [-0.1, -0.05) is 36.8 Å². The molecule has 0 aliphatic carbocycles. The molecule has 1 N–H and O–H groups in total. The highest BCUT2D eigenvalue weighted by Gasteiger charge is 2.11. The van der Waals surface area contributed by atoms with Gasteiger partial charge in [0.2, 0.25) is 0 Å². The molecular formula is C18H27N3. The van der Waals surface area contributed by atoms with Crippen molar-refractivity contribution in [2.24, 2.45) is 13.0 Å². The molecule has 0 aliphatic rings. The Balaban J connectivity index is 1.95. The van der Waals surface area contributed by atoms with E-state index in [1.807, 2.05) is 17.9 Å². The van der Waals surface area contributed by atoms with Crippen molar-refractivity contribution < 1.29 is 0 Å². The van der Waals surface area contributed by atoms with Crippen LogP contribution in [0.2, 0.25) is 0 Å². The highest BCUT2D eigenvalue weighted by atomic mass is 15.2. The SMILES string of the molecule is CCNCC(CCc1ccnn1C)Cc1cccc(C)c1. The highest BCUT2D eigenvalue weighted by molar-refractivity contribution is 5.22. The number of aromatic nitrogens is 2. The molecule has 0 saturated carbocycles. The van der Waals surface area contributed by atoms with E-state index in [0.717, 1.165) is 25.9 Å². The lowest BCUT2D eigenvalue weighted by Gasteiger charge is -2.18. The number of hydrogen-bond donors (Lipinski definition) is 1. The number of rotatable bonds is 8. The van der Waals surface area contributed by atoms with Crippen LogP contribution in [0.4, 0.5) is 0 Å². The molecule has 2 rings (SSSR count). The topological polar surface area (TPSA) is 29.9 Å². The quantitative estimate of drug-likeness (QED) is 0.807. The van der Waals surface area contributed by atoms with Crippen LogP contribution < -0.4 is 5.32 Å². The summed E-state index contributed by atoms with van der Waals surface area (Å²) in [6, 6.07) is 11.0. The van der Waals surface area contributed by atoms with Gasteiger partial charge in [0.15, 0.2) is 0 Å². The number of aryl methyl sites for hydroxylation is 3. The van der Waals surface area contributed by atoms with Crippen LogP contribution in [0.5, 0.6) is 0 Å². The van der Waals surface area contributed by atoms with Gasteiger partial charge < -0.3 is 5.32 Å². The van der Waals surface area contributed by atoms with E-state index in [9.17, 15) is 0 Å². The Hall–Kier alpha value is -1.61. The molecule has 0 spiro atoms. The van der Waals surface area contributed by atoms with Gasteiger partial charge in [-0.25, -0.2) is 0 Å². The Morgan fingerprint density at radius 3 is 2.81 bits per heavy atom. The second-order valence-corrected chi connectivity index (χ2v) is 5.85. The smallest absolute Gasteiger partial charge is 0.0492 e. The molecule has 2 aromatic rings. The maximum Gasteiger partial charge on any atom is 0.0492 e. The molecular weight excluding hydrogens is 258 g/mol. The number of nitrogens with zero attached hydrogens (tertiary/aromatic N) is 2. The second-order valence-electron chi connectivity index (χ2n) is 5.85. The maximum absolute atomic E-state index is 4.25. The molecule has 1 atom stereocenters. The van der Waals surface area contributed by atoms with Crippen LogP contribution in [0, 0.1) is 12.8 Å². The summed E-state index contributed by atoms with van der Waals surface area (Å²) in [5.41, 5.74) is 4.12. The van der Waals surface area contributed by atoms with Gasteiger partial charge in [0.05, 0.1) is 0 Å². The van der Waals surface area contributed by atoms with E-state index in [2.05, 4.69) is 54.6 Å². The first-order chi connectivity index (χ1) is 10.2. The molecule has 1 unspecified atom stereocenters. The summed E-state index contributed by atoms with van der Waals surface area (Å²) in [6.07, 6.45) is 5.32. The number of nitrogens with one attached hydrogen (secondary N) is 1. The van der Waals surface area contributed by atoms with E-state index in [-0.39, 0.29) is 0 Å². The van der Waals surface area contributed by atoms with Crippen molar-refractivity contribution in [1.82, 2.24) is 15.1 Å². The van der Waals surface area contributed by atoms with E-state index in [0.29, 0.717) is 5.92 Å². The summed E-state index contributed by atoms with van der Waals surface area (Å²) in [5.74, 6) is 0.668. The number of hydrogen-bond acceptors (Lipinski definition) is 2. The molecule has 0 radical (unpaired) electrons. The van der Waals surface area contributed by atoms with Gasteiger partial charge in [-0.3, -0.25) is 4.68 Å². The fourth-order valence-electron chi connectivity index (χ4n) is 2.80. The third kappa shape index (κ3) is 5.01. The molecule has 0 aliphatic heterocycles. The van der Waals surface area contributed by atoms with Gasteiger partial charge in [-0.2, -0.15) is 5.10 Å². The van der Waals surface area contributed by atoms with Gasteiger partial charge >= 0.3 is 0 Å². The normalized spacial score (nSPS) is 12.5. The molecule has 0 bridgehead atoms. The third-order valence-electron chi connectivity index (χ3n) is 4.02. The van der Waals surface area contributed by atoms with Crippen LogP contribution in [0.15, 0.2) is 36.5 Å². The monoisotopic (exact) mass is 285 g/mol. The van der Waals surface area contributed by atoms with Crippen molar-refractivity contribution in [2.75, 3.05) is 13.1 Å². The van der Waals surface area contributed by atoms with Crippen LogP contribution >= 0.6 is 0 Å². The molecule has 3 heteroatoms. The average Bonchev–Trinajstić information content (AvgIpc) is 2.87. The van der Waals surface area contributed by atoms with Crippen LogP contribution in [0.1, 0.15) is 30.2 Å². The lowest BCUT2D eigenvalue weighted by Crippen LogP contribution is -2.24. The maximum atomic E-state index is 4.25. The van der Waals surface area contributed by atoms with Gasteiger partial charge in [-0.15, -0.1) is 0 Å². The van der Waals surface area contributed by atoms with Crippen molar-refractivity contribution in [2.45, 2.75) is 33.1 Å². The lowest BCUT2D eigenvalue weighted by molar-refractivity contribution is 0.443. The minimum absolute atomic E-state index is 0.668. The van der Waals surface area contributed by atoms with E-state index < -0.39 is 0 Å². The van der Waals surface area contributed by atoms with Gasteiger partial charge in [-0.05, 0) is 56.8 Å². The molecule has 0 amide bonds. The predicted molar refractivity (Wildman–Crippen MR) is 88.4 cm³/mol. The zero-order valence-corrected chi connectivity index (χ0v) is 13.5. The largest absolute Gasteiger partial charge is 0.317 e. The summed E-state index contributed by atoms with van der Waals surface area (Å²) in [5, 5.41) is 7.76. The summed E-state index contributed by atoms with van der Waals surface area (Å²) in [6.45, 7) is 6.46. The molecule has 1 aromatic heterocycles. The minimum atomic E-state index is 0.668. The Kier molecular flexibility index (Phi) is 6.00. The van der Waals surface area contributed by atoms with E-state index >= 15 is 0 Å². The Morgan fingerprint density at radius 2 is 2.14 bits per heavy atom. The van der Waals surface area contributed by atoms with Gasteiger partial charge in [0.1, 0.15) is 0 Å². The third-order valence-corrected chi connectivity index (χ3v) is 4.02. The fraction of sp³-hybridized carbons (Fsp3) is 0.500. The molecule has 1 aromatic carbocycles. The highest BCUT2D eigenvalue weighted by Crippen LogP contribution is 2.16. The summed E-state index contributed by atoms with van der Waals surface area (Å²) < 4.78 is 1.98. The molecule has 0 fully saturated rings. The molecule has 1 heterocycles. The second kappa shape index (κ2) is 7.99. The summed E-state index contributed by atoms with van der Waals surface area (Å²) >= 11 is 0. The van der Waals surface area contributed by atoms with Crippen molar-refractivity contribution in [3.63, 3.8) is 0 Å². The van der Waals surface area contributed by atoms with Crippen molar-refractivity contribution in [3.05, 3.63) is 53.3 Å². The first-order valence-electron chi connectivity index (χ1n) is 7.92. The summed E-state index contributed by atoms with van der Waals surface area (Å²) in [4.78, 5) is 0. The predicted octanol–water partition coefficient (Wildman–Crippen LogP) is 3.13. The first kappa shape index (κ1) is 15.8. The van der Waals surface area contributed by atoms with E-state index in [1.165, 1.54) is 23.2 Å². The average molecular weight is 285 g/mol. The molecule has 0 saturated heterocycles. The molecule has 21 heavy (non-hydrogen) atoms. The molecule has 114 valence electrons. The van der Waals surface area contributed by atoms with Crippen molar-refractivity contribution in [1.29, 1.82) is 0 Å². The Bertz CT molecular complexity index is 545. The lowest BCUT2D eigenvalue weighted by atomic mass is 9.93. The first-order valence-corrected chi connectivity index (χ1v) is 7.92. The Labute approximate surface area is 128 Å². The van der Waals surface area contributed by atoms with E-state index in [4.69, 9.17) is 0 Å². The van der Waals surface area contributed by atoms with Crippen LogP contribution in [0.25, 0.3) is 0 Å². The zero-order chi connectivity index (χ0) is 15.1. The van der Waals surface area contributed by atoms with Gasteiger partial charge in [0, 0.05) is 18.9 Å². The van der Waals surface area contributed by atoms with Crippen LogP contribution in [-0.2, 0) is 19.9 Å². The standard InChI is InChI=1S/C18H27N3/c1-4-19-14-17(8-9-18-10-11-20-21(18)3)13-16-7-5-6-15(2)12-16/h5-7,10-12,17,19H,4,8-9,13-14H2,1-3H3. The zero-order valence-electron chi connectivity index (χ0n) is 13.5. The van der Waals surface area contributed by atoms with Gasteiger partial charge in [0.25, 0.3) is 0 Å². The van der Waals surface area contributed by atoms with Crippen LogP contribution in [0.3, 0.4) is 0 Å². The minimum Gasteiger partial charge on any atom is -0.317 e. The Morgan fingerprint density at radius 1 is 1.29 bits per heavy atom. The van der Waals surface area contributed by atoms with Crippen molar-refractivity contribution in [3.8, 4) is 0 Å². The van der Waals surface area contributed by atoms with Crippen molar-refractivity contribution >= 4 is 0 Å². The molecule has 3 nitrogen and oxygen atoms in total.